The minimum atomic E-state index is -3.21. The third-order valence-electron chi connectivity index (χ3n) is 4.71. The van der Waals surface area contributed by atoms with Gasteiger partial charge in [0.1, 0.15) is 5.82 Å². The highest BCUT2D eigenvalue weighted by atomic mass is 32.2. The Labute approximate surface area is 136 Å². The van der Waals surface area contributed by atoms with Crippen molar-refractivity contribution in [1.29, 1.82) is 0 Å². The highest BCUT2D eigenvalue weighted by Crippen LogP contribution is 2.32. The van der Waals surface area contributed by atoms with E-state index in [0.717, 1.165) is 18.4 Å². The molecule has 2 aliphatic rings. The zero-order chi connectivity index (χ0) is 16.6. The number of piperidine rings is 1. The molecule has 1 saturated heterocycles. The summed E-state index contributed by atoms with van der Waals surface area (Å²) >= 11 is 0. The van der Waals surface area contributed by atoms with Crippen molar-refractivity contribution in [2.75, 3.05) is 30.8 Å². The predicted octanol–water partition coefficient (Wildman–Crippen LogP) is 1.78. The Kier molecular flexibility index (Phi) is 4.42. The summed E-state index contributed by atoms with van der Waals surface area (Å²) in [6.07, 6.45) is 3.78. The molecule has 1 amide bonds. The first kappa shape index (κ1) is 16.4. The largest absolute Gasteiger partial charge is 0.309 e. The van der Waals surface area contributed by atoms with Gasteiger partial charge in [0.05, 0.1) is 11.9 Å². The average Bonchev–Trinajstić information content (AvgIpc) is 2.53. The Morgan fingerprint density at radius 2 is 1.91 bits per heavy atom. The molecule has 0 aromatic heterocycles. The number of nitrogens with zero attached hydrogens (tertiary/aromatic N) is 2. The number of halogens is 1. The van der Waals surface area contributed by atoms with E-state index in [2.05, 4.69) is 0 Å². The number of hydrogen-bond acceptors (Lipinski definition) is 3. The molecule has 0 aliphatic carbocycles. The monoisotopic (exact) mass is 340 g/mol. The van der Waals surface area contributed by atoms with Crippen LogP contribution < -0.4 is 4.90 Å². The molecule has 23 heavy (non-hydrogen) atoms. The van der Waals surface area contributed by atoms with Crippen molar-refractivity contribution in [3.63, 3.8) is 0 Å². The second kappa shape index (κ2) is 6.20. The number of hydrogen-bond donors (Lipinski definition) is 0. The Bertz CT molecular complexity index is 712. The quantitative estimate of drug-likeness (QED) is 0.824. The molecule has 0 atom stereocenters. The second-order valence-electron chi connectivity index (χ2n) is 6.28. The number of anilines is 1. The van der Waals surface area contributed by atoms with Crippen molar-refractivity contribution >= 4 is 21.6 Å². The van der Waals surface area contributed by atoms with Crippen LogP contribution in [-0.4, -0.2) is 44.5 Å². The Morgan fingerprint density at radius 3 is 2.57 bits per heavy atom. The number of fused-ring (bicyclic) bond motifs is 1. The van der Waals surface area contributed by atoms with Crippen molar-refractivity contribution in [2.24, 2.45) is 5.92 Å². The zero-order valence-electron chi connectivity index (χ0n) is 13.2. The van der Waals surface area contributed by atoms with Gasteiger partial charge in [0.25, 0.3) is 0 Å². The summed E-state index contributed by atoms with van der Waals surface area (Å²) in [4.78, 5) is 14.4. The number of para-hydroxylation sites is 1. The molecule has 5 nitrogen and oxygen atoms in total. The molecule has 126 valence electrons. The normalized spacial score (nSPS) is 20.3. The van der Waals surface area contributed by atoms with E-state index in [1.165, 1.54) is 16.6 Å². The first-order valence-corrected chi connectivity index (χ1v) is 9.76. The third kappa shape index (κ3) is 3.26. The predicted molar refractivity (Wildman–Crippen MR) is 86.2 cm³/mol. The van der Waals surface area contributed by atoms with Crippen molar-refractivity contribution in [2.45, 2.75) is 25.7 Å². The van der Waals surface area contributed by atoms with Crippen LogP contribution in [0.3, 0.4) is 0 Å². The van der Waals surface area contributed by atoms with Gasteiger partial charge in [0.2, 0.25) is 15.9 Å². The highest BCUT2D eigenvalue weighted by molar-refractivity contribution is 7.88. The highest BCUT2D eigenvalue weighted by Gasteiger charge is 2.34. The van der Waals surface area contributed by atoms with E-state index < -0.39 is 10.0 Å². The van der Waals surface area contributed by atoms with Gasteiger partial charge >= 0.3 is 0 Å². The van der Waals surface area contributed by atoms with E-state index in [-0.39, 0.29) is 17.6 Å². The summed E-state index contributed by atoms with van der Waals surface area (Å²) < 4.78 is 38.7. The minimum absolute atomic E-state index is 0.0794. The number of rotatable bonds is 2. The average molecular weight is 340 g/mol. The number of aryl methyl sites for hydroxylation is 1. The number of sulfonamides is 1. The van der Waals surface area contributed by atoms with Gasteiger partial charge in [-0.3, -0.25) is 4.79 Å². The second-order valence-corrected chi connectivity index (χ2v) is 8.26. The van der Waals surface area contributed by atoms with Crippen LogP contribution in [0.15, 0.2) is 18.2 Å². The van der Waals surface area contributed by atoms with Gasteiger partial charge in [-0.05, 0) is 37.3 Å². The van der Waals surface area contributed by atoms with Crippen LogP contribution >= 0.6 is 0 Å². The topological polar surface area (TPSA) is 57.7 Å². The van der Waals surface area contributed by atoms with E-state index in [1.54, 1.807) is 11.0 Å². The van der Waals surface area contributed by atoms with Crippen LogP contribution in [0, 0.1) is 11.7 Å². The van der Waals surface area contributed by atoms with Crippen LogP contribution in [-0.2, 0) is 21.2 Å². The Hall–Kier alpha value is -1.47. The maximum Gasteiger partial charge on any atom is 0.230 e. The molecule has 1 fully saturated rings. The van der Waals surface area contributed by atoms with Gasteiger partial charge in [-0.1, -0.05) is 12.1 Å². The number of carbonyl (C=O) groups is 1. The Balaban J connectivity index is 1.76. The molecule has 0 unspecified atom stereocenters. The van der Waals surface area contributed by atoms with Crippen molar-refractivity contribution < 1.29 is 17.6 Å². The standard InChI is InChI=1S/C16H21FN2O3S/c1-23(21,22)18-10-7-13(8-11-18)16(20)19-9-3-5-12-4-2-6-14(17)15(12)19/h2,4,6,13H,3,5,7-11H2,1H3. The molecule has 0 saturated carbocycles. The summed E-state index contributed by atoms with van der Waals surface area (Å²) in [5, 5.41) is 0. The van der Waals surface area contributed by atoms with Gasteiger partial charge < -0.3 is 4.90 Å². The molecule has 2 heterocycles. The van der Waals surface area contributed by atoms with E-state index in [0.29, 0.717) is 38.2 Å². The molecule has 7 heteroatoms. The number of benzene rings is 1. The van der Waals surface area contributed by atoms with E-state index in [1.807, 2.05) is 6.07 Å². The van der Waals surface area contributed by atoms with Gasteiger partial charge in [0, 0.05) is 25.6 Å². The fraction of sp³-hybridized carbons (Fsp3) is 0.562. The summed E-state index contributed by atoms with van der Waals surface area (Å²) in [5.74, 6) is -0.674. The van der Waals surface area contributed by atoms with Gasteiger partial charge in [-0.15, -0.1) is 0 Å². The summed E-state index contributed by atoms with van der Waals surface area (Å²) in [6.45, 7) is 1.24. The van der Waals surface area contributed by atoms with Crippen molar-refractivity contribution in [3.8, 4) is 0 Å². The lowest BCUT2D eigenvalue weighted by atomic mass is 9.94. The fourth-order valence-corrected chi connectivity index (χ4v) is 4.35. The first-order chi connectivity index (χ1) is 10.9. The van der Waals surface area contributed by atoms with Crippen LogP contribution in [0.25, 0.3) is 0 Å². The van der Waals surface area contributed by atoms with Crippen LogP contribution in [0.1, 0.15) is 24.8 Å². The summed E-state index contributed by atoms with van der Waals surface area (Å²) in [6, 6.07) is 4.92. The Morgan fingerprint density at radius 1 is 1.22 bits per heavy atom. The first-order valence-electron chi connectivity index (χ1n) is 7.92. The lowest BCUT2D eigenvalue weighted by Crippen LogP contribution is -2.45. The molecular weight excluding hydrogens is 319 g/mol. The summed E-state index contributed by atoms with van der Waals surface area (Å²) in [5.41, 5.74) is 1.28. The minimum Gasteiger partial charge on any atom is -0.309 e. The molecule has 3 rings (SSSR count). The SMILES string of the molecule is CS(=O)(=O)N1CCC(C(=O)N2CCCc3cccc(F)c32)CC1. The molecule has 0 spiro atoms. The van der Waals surface area contributed by atoms with Crippen molar-refractivity contribution in [3.05, 3.63) is 29.6 Å². The van der Waals surface area contributed by atoms with Crippen LogP contribution in [0.2, 0.25) is 0 Å². The lowest BCUT2D eigenvalue weighted by Gasteiger charge is -2.35. The molecule has 0 bridgehead atoms. The molecule has 0 N–H and O–H groups in total. The van der Waals surface area contributed by atoms with Gasteiger partial charge in [-0.2, -0.15) is 0 Å². The zero-order valence-corrected chi connectivity index (χ0v) is 14.0. The van der Waals surface area contributed by atoms with E-state index >= 15 is 0 Å². The molecule has 1 aromatic carbocycles. The lowest BCUT2D eigenvalue weighted by molar-refractivity contribution is -0.123. The van der Waals surface area contributed by atoms with E-state index in [4.69, 9.17) is 0 Å². The summed E-state index contributed by atoms with van der Waals surface area (Å²) in [7, 11) is -3.21. The van der Waals surface area contributed by atoms with E-state index in [9.17, 15) is 17.6 Å². The van der Waals surface area contributed by atoms with Crippen molar-refractivity contribution in [1.82, 2.24) is 4.31 Å². The van der Waals surface area contributed by atoms with Gasteiger partial charge in [0.15, 0.2) is 0 Å². The van der Waals surface area contributed by atoms with Crippen LogP contribution in [0.5, 0.6) is 0 Å². The molecule has 0 radical (unpaired) electrons. The molecule has 1 aromatic rings. The maximum absolute atomic E-state index is 14.2. The van der Waals surface area contributed by atoms with Crippen LogP contribution in [0.4, 0.5) is 10.1 Å². The third-order valence-corrected chi connectivity index (χ3v) is 6.01. The molecule has 2 aliphatic heterocycles. The van der Waals surface area contributed by atoms with Gasteiger partial charge in [-0.25, -0.2) is 17.1 Å². The fourth-order valence-electron chi connectivity index (χ4n) is 3.48. The number of carbonyl (C=O) groups excluding carboxylic acids is 1. The maximum atomic E-state index is 14.2. The smallest absolute Gasteiger partial charge is 0.230 e. The molecular formula is C16H21FN2O3S. The number of amides is 1.